The Kier molecular flexibility index (Phi) is 72.4. The van der Waals surface area contributed by atoms with Crippen LogP contribution in [0.3, 0.4) is 0 Å². The highest BCUT2D eigenvalue weighted by atomic mass is 16.5. The van der Waals surface area contributed by atoms with Crippen LogP contribution in [0.25, 0.3) is 0 Å². The molecule has 2 unspecified atom stereocenters. The molecule has 0 aromatic rings. The van der Waals surface area contributed by atoms with Crippen LogP contribution >= 0.6 is 0 Å². The Morgan fingerprint density at radius 1 is 0.329 bits per heavy atom. The molecule has 500 valence electrons. The van der Waals surface area contributed by atoms with Crippen molar-refractivity contribution in [3.8, 4) is 0 Å². The number of esters is 1. The van der Waals surface area contributed by atoms with Gasteiger partial charge in [-0.25, -0.2) is 0 Å². The van der Waals surface area contributed by atoms with Gasteiger partial charge in [-0.1, -0.05) is 364 Å². The van der Waals surface area contributed by atoms with Gasteiger partial charge >= 0.3 is 5.97 Å². The van der Waals surface area contributed by atoms with E-state index in [1.165, 1.54) is 327 Å². The van der Waals surface area contributed by atoms with Gasteiger partial charge < -0.3 is 20.3 Å². The third kappa shape index (κ3) is 70.8. The van der Waals surface area contributed by atoms with Crippen molar-refractivity contribution in [2.45, 2.75) is 431 Å². The van der Waals surface area contributed by atoms with Crippen molar-refractivity contribution in [2.24, 2.45) is 0 Å². The van der Waals surface area contributed by atoms with E-state index in [-0.39, 0.29) is 18.5 Å². The molecule has 0 fully saturated rings. The number of carbonyl (C=O) groups excluding carboxylic acids is 2. The minimum Gasteiger partial charge on any atom is -0.466 e. The second kappa shape index (κ2) is 74.3. The first-order valence-electron chi connectivity index (χ1n) is 38.4. The molecule has 0 aliphatic rings. The van der Waals surface area contributed by atoms with Gasteiger partial charge in [-0.2, -0.15) is 0 Å². The van der Waals surface area contributed by atoms with E-state index in [4.69, 9.17) is 4.74 Å². The van der Waals surface area contributed by atoms with Crippen LogP contribution in [0, 0.1) is 0 Å². The van der Waals surface area contributed by atoms with Gasteiger partial charge in [0.2, 0.25) is 5.91 Å². The number of rotatable bonds is 72. The molecular weight excluding hydrogens is 1040 g/mol. The molecule has 0 heterocycles. The van der Waals surface area contributed by atoms with Crippen LogP contribution in [0.2, 0.25) is 0 Å². The van der Waals surface area contributed by atoms with Gasteiger partial charge in [-0.15, -0.1) is 0 Å². The number of aliphatic hydroxyl groups excluding tert-OH is 2. The largest absolute Gasteiger partial charge is 0.466 e. The molecule has 0 saturated carbocycles. The number of aliphatic hydroxyl groups is 2. The first kappa shape index (κ1) is 82.8. The third-order valence-electron chi connectivity index (χ3n) is 17.9. The summed E-state index contributed by atoms with van der Waals surface area (Å²) in [4.78, 5) is 24.6. The zero-order chi connectivity index (χ0) is 61.3. The highest BCUT2D eigenvalue weighted by molar-refractivity contribution is 5.76. The predicted octanol–water partition coefficient (Wildman–Crippen LogP) is 25.2. The smallest absolute Gasteiger partial charge is 0.305 e. The summed E-state index contributed by atoms with van der Waals surface area (Å²) in [6.07, 6.45) is 97.7. The van der Waals surface area contributed by atoms with Crippen LogP contribution in [0.5, 0.6) is 0 Å². The molecule has 6 heteroatoms. The van der Waals surface area contributed by atoms with Crippen LogP contribution < -0.4 is 5.32 Å². The molecule has 0 rings (SSSR count). The van der Waals surface area contributed by atoms with E-state index in [0.717, 1.165) is 57.8 Å². The van der Waals surface area contributed by atoms with Crippen molar-refractivity contribution in [3.05, 3.63) is 48.6 Å². The van der Waals surface area contributed by atoms with Crippen LogP contribution in [-0.4, -0.2) is 47.4 Å². The second-order valence-electron chi connectivity index (χ2n) is 26.3. The summed E-state index contributed by atoms with van der Waals surface area (Å²) in [5.74, 6) is -0.0157. The van der Waals surface area contributed by atoms with E-state index in [2.05, 4.69) is 67.8 Å². The average Bonchev–Trinajstić information content (AvgIpc) is 3.52. The molecule has 0 aromatic carbocycles. The summed E-state index contributed by atoms with van der Waals surface area (Å²) in [5.41, 5.74) is 0. The molecule has 1 amide bonds. The van der Waals surface area contributed by atoms with Gasteiger partial charge in [-0.3, -0.25) is 9.59 Å². The van der Waals surface area contributed by atoms with Gasteiger partial charge in [0.05, 0.1) is 25.4 Å². The molecule has 0 aliphatic heterocycles. The normalized spacial score (nSPS) is 12.8. The summed E-state index contributed by atoms with van der Waals surface area (Å²) in [6, 6.07) is -0.539. The number of unbranched alkanes of at least 4 members (excludes halogenated alkanes) is 53. The number of hydrogen-bond acceptors (Lipinski definition) is 5. The lowest BCUT2D eigenvalue weighted by Crippen LogP contribution is -2.45. The highest BCUT2D eigenvalue weighted by Gasteiger charge is 2.20. The number of carbonyl (C=O) groups is 2. The minimum absolute atomic E-state index is 0.0153. The predicted molar refractivity (Wildman–Crippen MR) is 375 cm³/mol. The summed E-state index contributed by atoms with van der Waals surface area (Å²) >= 11 is 0. The van der Waals surface area contributed by atoms with Gasteiger partial charge in [-0.05, 0) is 89.9 Å². The molecule has 85 heavy (non-hydrogen) atoms. The lowest BCUT2D eigenvalue weighted by atomic mass is 10.0. The number of ether oxygens (including phenoxy) is 1. The molecule has 0 bridgehead atoms. The average molecular weight is 1190 g/mol. The van der Waals surface area contributed by atoms with Gasteiger partial charge in [0.25, 0.3) is 0 Å². The van der Waals surface area contributed by atoms with Crippen LogP contribution in [-0.2, 0) is 14.3 Å². The minimum atomic E-state index is -0.661. The van der Waals surface area contributed by atoms with E-state index in [1.54, 1.807) is 0 Å². The Labute approximate surface area is 531 Å². The zero-order valence-electron chi connectivity index (χ0n) is 57.4. The monoisotopic (exact) mass is 1190 g/mol. The summed E-state index contributed by atoms with van der Waals surface area (Å²) in [5, 5.41) is 23.3. The maximum absolute atomic E-state index is 12.5. The molecule has 3 N–H and O–H groups in total. The maximum atomic E-state index is 12.5. The molecule has 0 spiro atoms. The van der Waals surface area contributed by atoms with Crippen molar-refractivity contribution in [1.82, 2.24) is 5.32 Å². The number of hydrogen-bond donors (Lipinski definition) is 3. The van der Waals surface area contributed by atoms with Crippen LogP contribution in [0.15, 0.2) is 48.6 Å². The fraction of sp³-hybridized carbons (Fsp3) is 0.873. The molecule has 0 radical (unpaired) electrons. The molecule has 0 aromatic heterocycles. The highest BCUT2D eigenvalue weighted by Crippen LogP contribution is 2.19. The summed E-state index contributed by atoms with van der Waals surface area (Å²) < 4.78 is 5.51. The number of nitrogens with one attached hydrogen (secondary N) is 1. The number of amides is 1. The fourth-order valence-corrected chi connectivity index (χ4v) is 12.0. The fourth-order valence-electron chi connectivity index (χ4n) is 12.0. The van der Waals surface area contributed by atoms with E-state index < -0.39 is 12.1 Å². The topological polar surface area (TPSA) is 95.9 Å². The van der Waals surface area contributed by atoms with E-state index in [1.807, 2.05) is 0 Å². The van der Waals surface area contributed by atoms with Gasteiger partial charge in [0.15, 0.2) is 0 Å². The molecule has 6 nitrogen and oxygen atoms in total. The van der Waals surface area contributed by atoms with Crippen molar-refractivity contribution < 1.29 is 24.5 Å². The molecular formula is C79H149NO5. The van der Waals surface area contributed by atoms with E-state index >= 15 is 0 Å². The number of allylic oxidation sites excluding steroid dienone is 8. The summed E-state index contributed by atoms with van der Waals surface area (Å²) in [6.45, 7) is 4.95. The molecule has 0 saturated heterocycles. The van der Waals surface area contributed by atoms with E-state index in [9.17, 15) is 19.8 Å². The van der Waals surface area contributed by atoms with Gasteiger partial charge in [0, 0.05) is 12.8 Å². The Balaban J connectivity index is 3.34. The lowest BCUT2D eigenvalue weighted by molar-refractivity contribution is -0.143. The molecule has 0 aliphatic carbocycles. The first-order chi connectivity index (χ1) is 42.0. The summed E-state index contributed by atoms with van der Waals surface area (Å²) in [7, 11) is 0. The Morgan fingerprint density at radius 3 is 0.918 bits per heavy atom. The van der Waals surface area contributed by atoms with Gasteiger partial charge in [0.1, 0.15) is 0 Å². The standard InChI is InChI=1S/C79H149NO5/c1-3-5-7-9-11-13-15-17-18-19-39-43-46-49-53-57-61-65-69-73-79(84)85-74-70-66-62-58-54-50-47-44-41-38-36-34-32-30-28-26-24-22-20-21-23-25-27-29-31-33-35-37-40-42-45-48-52-56-60-64-68-72-78(83)80-76(75-81)77(82)71-67-63-59-55-51-16-14-12-10-8-6-4-2/h11,13,17-18,20,22,26,28,76-77,81-82H,3-10,12,14-16,19,21,23-25,27,29-75H2,1-2H3,(H,80,83)/b13-11-,18-17-,22-20-,28-26-. The third-order valence-corrected chi connectivity index (χ3v) is 17.9. The Bertz CT molecular complexity index is 1420. The Hall–Kier alpha value is -2.18. The second-order valence-corrected chi connectivity index (χ2v) is 26.3. The first-order valence-corrected chi connectivity index (χ1v) is 38.4. The van der Waals surface area contributed by atoms with Crippen LogP contribution in [0.1, 0.15) is 418 Å². The molecule has 2 atom stereocenters. The lowest BCUT2D eigenvalue weighted by Gasteiger charge is -2.22. The van der Waals surface area contributed by atoms with E-state index in [0.29, 0.717) is 25.9 Å². The SMILES string of the molecule is CCCCC/C=C\C/C=C\CCCCCCCCCCCC(=O)OCCCCCCCCCCCCCCC/C=C\C/C=C\CCCCCCCCCCCCCCCCCCCC(=O)NC(CO)C(O)CCCCCCCCCCCCCC. The quantitative estimate of drug-likeness (QED) is 0.0320. The van der Waals surface area contributed by atoms with Crippen LogP contribution in [0.4, 0.5) is 0 Å². The maximum Gasteiger partial charge on any atom is 0.305 e. The zero-order valence-corrected chi connectivity index (χ0v) is 57.4. The van der Waals surface area contributed by atoms with Crippen molar-refractivity contribution in [2.75, 3.05) is 13.2 Å². The van der Waals surface area contributed by atoms with Crippen molar-refractivity contribution in [3.63, 3.8) is 0 Å². The van der Waals surface area contributed by atoms with Crippen molar-refractivity contribution in [1.29, 1.82) is 0 Å². The Morgan fingerprint density at radius 2 is 0.588 bits per heavy atom. The van der Waals surface area contributed by atoms with Crippen molar-refractivity contribution >= 4 is 11.9 Å².